The zero-order chi connectivity index (χ0) is 16.7. The van der Waals surface area contributed by atoms with Crippen LogP contribution in [0.15, 0.2) is 48.5 Å². The number of hydrogen-bond acceptors (Lipinski definition) is 2. The lowest BCUT2D eigenvalue weighted by atomic mass is 10.1. The van der Waals surface area contributed by atoms with Gasteiger partial charge >= 0.3 is 0 Å². The van der Waals surface area contributed by atoms with E-state index in [1.807, 2.05) is 36.4 Å². The van der Waals surface area contributed by atoms with E-state index in [0.29, 0.717) is 23.7 Å². The molecule has 5 heteroatoms. The summed E-state index contributed by atoms with van der Waals surface area (Å²) in [6.07, 6.45) is 0.729. The smallest absolute Gasteiger partial charge is 0.251 e. The van der Waals surface area contributed by atoms with Crippen molar-refractivity contribution in [3.63, 3.8) is 0 Å². The number of amides is 2. The molecule has 2 aromatic rings. The molecule has 0 aliphatic heterocycles. The first-order valence-corrected chi connectivity index (χ1v) is 7.78. The van der Waals surface area contributed by atoms with Crippen LogP contribution in [0.2, 0.25) is 5.02 Å². The summed E-state index contributed by atoms with van der Waals surface area (Å²) < 4.78 is 0. The predicted octanol–water partition coefficient (Wildman–Crippen LogP) is 2.95. The highest BCUT2D eigenvalue weighted by molar-refractivity contribution is 6.30. The second-order valence-electron chi connectivity index (χ2n) is 5.24. The SMILES string of the molecule is CC(=O)NCc1ccc(C(=O)NCCc2cccc(Cl)c2)cc1. The van der Waals surface area contributed by atoms with Gasteiger partial charge in [-0.2, -0.15) is 0 Å². The number of carbonyl (C=O) groups excluding carboxylic acids is 2. The summed E-state index contributed by atoms with van der Waals surface area (Å²) >= 11 is 5.93. The highest BCUT2D eigenvalue weighted by atomic mass is 35.5. The molecule has 0 unspecified atom stereocenters. The van der Waals surface area contributed by atoms with E-state index in [2.05, 4.69) is 10.6 Å². The Hall–Kier alpha value is -2.33. The molecule has 2 aromatic carbocycles. The molecule has 0 saturated heterocycles. The molecule has 0 radical (unpaired) electrons. The normalized spacial score (nSPS) is 10.2. The van der Waals surface area contributed by atoms with Crippen LogP contribution in [0.3, 0.4) is 0 Å². The Kier molecular flexibility index (Phi) is 6.18. The number of nitrogens with one attached hydrogen (secondary N) is 2. The third-order valence-electron chi connectivity index (χ3n) is 3.35. The van der Waals surface area contributed by atoms with Gasteiger partial charge in [-0.25, -0.2) is 0 Å². The Morgan fingerprint density at radius 3 is 2.39 bits per heavy atom. The lowest BCUT2D eigenvalue weighted by molar-refractivity contribution is -0.119. The molecule has 0 saturated carbocycles. The molecule has 23 heavy (non-hydrogen) atoms. The van der Waals surface area contributed by atoms with Gasteiger partial charge in [0.15, 0.2) is 0 Å². The molecule has 2 amide bonds. The van der Waals surface area contributed by atoms with E-state index in [1.165, 1.54) is 6.92 Å². The Labute approximate surface area is 140 Å². The average Bonchev–Trinajstić information content (AvgIpc) is 2.53. The fourth-order valence-corrected chi connectivity index (χ4v) is 2.33. The van der Waals surface area contributed by atoms with Crippen molar-refractivity contribution in [1.82, 2.24) is 10.6 Å². The van der Waals surface area contributed by atoms with Crippen LogP contribution in [-0.4, -0.2) is 18.4 Å². The largest absolute Gasteiger partial charge is 0.352 e. The van der Waals surface area contributed by atoms with Crippen molar-refractivity contribution in [2.24, 2.45) is 0 Å². The third-order valence-corrected chi connectivity index (χ3v) is 3.58. The summed E-state index contributed by atoms with van der Waals surface area (Å²) in [6, 6.07) is 14.8. The second-order valence-corrected chi connectivity index (χ2v) is 5.68. The number of rotatable bonds is 6. The first-order chi connectivity index (χ1) is 11.0. The van der Waals surface area contributed by atoms with Crippen molar-refractivity contribution in [3.05, 3.63) is 70.2 Å². The summed E-state index contributed by atoms with van der Waals surface area (Å²) in [6.45, 7) is 2.49. The first kappa shape index (κ1) is 17.0. The lowest BCUT2D eigenvalue weighted by Crippen LogP contribution is -2.25. The molecular weight excluding hydrogens is 312 g/mol. The second kappa shape index (κ2) is 8.34. The van der Waals surface area contributed by atoms with Crippen LogP contribution in [0, 0.1) is 0 Å². The Morgan fingerprint density at radius 1 is 1.00 bits per heavy atom. The number of halogens is 1. The Balaban J connectivity index is 1.82. The maximum absolute atomic E-state index is 12.1. The van der Waals surface area contributed by atoms with Gasteiger partial charge in [-0.15, -0.1) is 0 Å². The quantitative estimate of drug-likeness (QED) is 0.855. The zero-order valence-corrected chi connectivity index (χ0v) is 13.7. The van der Waals surface area contributed by atoms with Crippen molar-refractivity contribution in [1.29, 1.82) is 0 Å². The fourth-order valence-electron chi connectivity index (χ4n) is 2.12. The molecule has 4 nitrogen and oxygen atoms in total. The molecule has 0 bridgehead atoms. The van der Waals surface area contributed by atoms with E-state index in [1.54, 1.807) is 12.1 Å². The van der Waals surface area contributed by atoms with Gasteiger partial charge in [-0.05, 0) is 41.8 Å². The van der Waals surface area contributed by atoms with Crippen LogP contribution >= 0.6 is 11.6 Å². The summed E-state index contributed by atoms with van der Waals surface area (Å²) in [4.78, 5) is 22.9. The summed E-state index contributed by atoms with van der Waals surface area (Å²) in [5.41, 5.74) is 2.64. The van der Waals surface area contributed by atoms with Crippen LogP contribution in [0.5, 0.6) is 0 Å². The van der Waals surface area contributed by atoms with E-state index in [-0.39, 0.29) is 11.8 Å². The van der Waals surface area contributed by atoms with Gasteiger partial charge < -0.3 is 10.6 Å². The maximum Gasteiger partial charge on any atom is 0.251 e. The summed E-state index contributed by atoms with van der Waals surface area (Å²) in [5.74, 6) is -0.189. The van der Waals surface area contributed by atoms with Gasteiger partial charge in [-0.1, -0.05) is 35.9 Å². The molecule has 120 valence electrons. The monoisotopic (exact) mass is 330 g/mol. The van der Waals surface area contributed by atoms with E-state index in [0.717, 1.165) is 17.5 Å². The number of hydrogen-bond donors (Lipinski definition) is 2. The van der Waals surface area contributed by atoms with Crippen LogP contribution in [0.25, 0.3) is 0 Å². The molecule has 0 aliphatic rings. The van der Waals surface area contributed by atoms with Crippen molar-refractivity contribution < 1.29 is 9.59 Å². The van der Waals surface area contributed by atoms with Gasteiger partial charge in [0.1, 0.15) is 0 Å². The Bertz CT molecular complexity index is 684. The maximum atomic E-state index is 12.1. The summed E-state index contributed by atoms with van der Waals surface area (Å²) in [7, 11) is 0. The van der Waals surface area contributed by atoms with E-state index < -0.39 is 0 Å². The van der Waals surface area contributed by atoms with Crippen molar-refractivity contribution >= 4 is 23.4 Å². The van der Waals surface area contributed by atoms with Crippen LogP contribution in [-0.2, 0) is 17.8 Å². The highest BCUT2D eigenvalue weighted by Gasteiger charge is 2.05. The third kappa shape index (κ3) is 5.75. The van der Waals surface area contributed by atoms with Gasteiger partial charge in [0, 0.05) is 30.6 Å². The Morgan fingerprint density at radius 2 is 1.74 bits per heavy atom. The number of benzene rings is 2. The predicted molar refractivity (Wildman–Crippen MR) is 91.5 cm³/mol. The first-order valence-electron chi connectivity index (χ1n) is 7.40. The van der Waals surface area contributed by atoms with Crippen molar-refractivity contribution in [3.8, 4) is 0 Å². The molecule has 0 atom stereocenters. The summed E-state index contributed by atoms with van der Waals surface area (Å²) in [5, 5.41) is 6.30. The van der Waals surface area contributed by atoms with Crippen LogP contribution in [0.4, 0.5) is 0 Å². The fraction of sp³-hybridized carbons (Fsp3) is 0.222. The van der Waals surface area contributed by atoms with Crippen LogP contribution < -0.4 is 10.6 Å². The molecular formula is C18H19ClN2O2. The minimum Gasteiger partial charge on any atom is -0.352 e. The number of carbonyl (C=O) groups is 2. The lowest BCUT2D eigenvalue weighted by Gasteiger charge is -2.07. The molecule has 0 aromatic heterocycles. The van der Waals surface area contributed by atoms with Crippen molar-refractivity contribution in [2.45, 2.75) is 19.9 Å². The molecule has 0 fully saturated rings. The van der Waals surface area contributed by atoms with Gasteiger partial charge in [0.2, 0.25) is 5.91 Å². The van der Waals surface area contributed by atoms with Gasteiger partial charge in [0.25, 0.3) is 5.91 Å². The average molecular weight is 331 g/mol. The van der Waals surface area contributed by atoms with Crippen molar-refractivity contribution in [2.75, 3.05) is 6.54 Å². The molecule has 0 aliphatic carbocycles. The molecule has 2 rings (SSSR count). The van der Waals surface area contributed by atoms with Gasteiger partial charge in [-0.3, -0.25) is 9.59 Å². The minimum atomic E-state index is -0.113. The van der Waals surface area contributed by atoms with E-state index in [4.69, 9.17) is 11.6 Å². The topological polar surface area (TPSA) is 58.2 Å². The zero-order valence-electron chi connectivity index (χ0n) is 12.9. The van der Waals surface area contributed by atoms with E-state index >= 15 is 0 Å². The molecule has 0 heterocycles. The van der Waals surface area contributed by atoms with Crippen LogP contribution in [0.1, 0.15) is 28.4 Å². The minimum absolute atomic E-state index is 0.0761. The standard InChI is InChI=1S/C18H19ClN2O2/c1-13(22)21-12-15-5-7-16(8-6-15)18(23)20-10-9-14-3-2-4-17(19)11-14/h2-8,11H,9-10,12H2,1H3,(H,20,23)(H,21,22). The van der Waals surface area contributed by atoms with Gasteiger partial charge in [0.05, 0.1) is 0 Å². The molecule has 2 N–H and O–H groups in total. The highest BCUT2D eigenvalue weighted by Crippen LogP contribution is 2.11. The molecule has 0 spiro atoms. The van der Waals surface area contributed by atoms with E-state index in [9.17, 15) is 9.59 Å².